The molecular weight excluding hydrogens is 280 g/mol. The smallest absolute Gasteiger partial charge is 0.121 e. The number of halogens is 1. The molecule has 2 rings (SSSR count). The molecule has 0 radical (unpaired) electrons. The molecule has 5 heteroatoms. The Morgan fingerprint density at radius 3 is 2.89 bits per heavy atom. The minimum Gasteiger partial charge on any atom is -0.493 e. The maximum atomic E-state index is 5.75. The molecule has 3 nitrogen and oxygen atoms in total. The molecular formula is C14H17ClN2OS. The summed E-state index contributed by atoms with van der Waals surface area (Å²) in [6.45, 7) is 0.631. The molecule has 0 aliphatic rings. The zero-order chi connectivity index (χ0) is 13.7. The second-order valence-electron chi connectivity index (χ2n) is 4.36. The van der Waals surface area contributed by atoms with Gasteiger partial charge in [-0.3, -0.25) is 0 Å². The third kappa shape index (κ3) is 4.11. The summed E-state index contributed by atoms with van der Waals surface area (Å²) in [5.41, 5.74) is 2.08. The monoisotopic (exact) mass is 296 g/mol. The van der Waals surface area contributed by atoms with Gasteiger partial charge in [-0.2, -0.15) is 0 Å². The van der Waals surface area contributed by atoms with E-state index in [1.54, 1.807) is 11.3 Å². The fraction of sp³-hybridized carbons (Fsp3) is 0.357. The number of hydrogen-bond donors (Lipinski definition) is 0. The summed E-state index contributed by atoms with van der Waals surface area (Å²) >= 11 is 7.36. The van der Waals surface area contributed by atoms with Gasteiger partial charge < -0.3 is 9.64 Å². The van der Waals surface area contributed by atoms with Gasteiger partial charge in [-0.25, -0.2) is 4.98 Å². The van der Waals surface area contributed by atoms with Crippen molar-refractivity contribution in [3.63, 3.8) is 0 Å². The van der Waals surface area contributed by atoms with Gasteiger partial charge in [-0.15, -0.1) is 22.9 Å². The van der Waals surface area contributed by atoms with Crippen LogP contribution in [0, 0.1) is 0 Å². The highest BCUT2D eigenvalue weighted by molar-refractivity contribution is 7.09. The average molecular weight is 297 g/mol. The minimum atomic E-state index is 0.474. The summed E-state index contributed by atoms with van der Waals surface area (Å²) < 4.78 is 5.75. The number of aromatic nitrogens is 1. The van der Waals surface area contributed by atoms with Crippen molar-refractivity contribution in [1.29, 1.82) is 0 Å². The standard InChI is InChI=1S/C14H17ClN2OS/c1-17(2)12-4-3-5-13(8-12)18-7-6-14-16-11(9-15)10-19-14/h3-5,8,10H,6-7,9H2,1-2H3. The lowest BCUT2D eigenvalue weighted by atomic mass is 10.3. The van der Waals surface area contributed by atoms with Crippen LogP contribution < -0.4 is 9.64 Å². The van der Waals surface area contributed by atoms with Crippen molar-refractivity contribution in [2.75, 3.05) is 25.6 Å². The van der Waals surface area contributed by atoms with Crippen LogP contribution in [-0.2, 0) is 12.3 Å². The molecule has 19 heavy (non-hydrogen) atoms. The Bertz CT molecular complexity index is 528. The Hall–Kier alpha value is -1.26. The normalized spacial score (nSPS) is 10.5. The number of anilines is 1. The van der Waals surface area contributed by atoms with Gasteiger partial charge in [-0.05, 0) is 12.1 Å². The van der Waals surface area contributed by atoms with Crippen LogP contribution in [-0.4, -0.2) is 25.7 Å². The van der Waals surface area contributed by atoms with Crippen molar-refractivity contribution in [2.45, 2.75) is 12.3 Å². The first kappa shape index (κ1) is 14.2. The maximum Gasteiger partial charge on any atom is 0.121 e. The van der Waals surface area contributed by atoms with E-state index >= 15 is 0 Å². The van der Waals surface area contributed by atoms with E-state index in [4.69, 9.17) is 16.3 Å². The molecule has 0 aliphatic carbocycles. The van der Waals surface area contributed by atoms with E-state index in [0.29, 0.717) is 12.5 Å². The molecule has 0 N–H and O–H groups in total. The Morgan fingerprint density at radius 2 is 2.21 bits per heavy atom. The van der Waals surface area contributed by atoms with Crippen LogP contribution in [0.1, 0.15) is 10.7 Å². The van der Waals surface area contributed by atoms with E-state index in [1.165, 1.54) is 0 Å². The van der Waals surface area contributed by atoms with Crippen LogP contribution in [0.5, 0.6) is 5.75 Å². The number of benzene rings is 1. The molecule has 1 aromatic heterocycles. The van der Waals surface area contributed by atoms with Gasteiger partial charge in [0.25, 0.3) is 0 Å². The number of nitrogens with zero attached hydrogens (tertiary/aromatic N) is 2. The first-order valence-corrected chi connectivity index (χ1v) is 7.50. The lowest BCUT2D eigenvalue weighted by molar-refractivity contribution is 0.322. The van der Waals surface area contributed by atoms with Gasteiger partial charge in [0.15, 0.2) is 0 Å². The zero-order valence-corrected chi connectivity index (χ0v) is 12.7. The molecule has 0 aliphatic heterocycles. The average Bonchev–Trinajstić information content (AvgIpc) is 2.87. The lowest BCUT2D eigenvalue weighted by Gasteiger charge is -2.13. The number of alkyl halides is 1. The summed E-state index contributed by atoms with van der Waals surface area (Å²) in [6.07, 6.45) is 0.813. The maximum absolute atomic E-state index is 5.75. The van der Waals surface area contributed by atoms with E-state index < -0.39 is 0 Å². The van der Waals surface area contributed by atoms with E-state index in [2.05, 4.69) is 16.0 Å². The summed E-state index contributed by atoms with van der Waals surface area (Å²) in [4.78, 5) is 6.46. The van der Waals surface area contributed by atoms with Crippen molar-refractivity contribution in [1.82, 2.24) is 4.98 Å². The fourth-order valence-electron chi connectivity index (χ4n) is 1.63. The molecule has 1 aromatic carbocycles. The minimum absolute atomic E-state index is 0.474. The van der Waals surface area contributed by atoms with Crippen LogP contribution >= 0.6 is 22.9 Å². The van der Waals surface area contributed by atoms with Gasteiger partial charge in [0, 0.05) is 37.6 Å². The van der Waals surface area contributed by atoms with Gasteiger partial charge in [-0.1, -0.05) is 6.07 Å². The second kappa shape index (κ2) is 6.78. The number of thiazole rings is 1. The van der Waals surface area contributed by atoms with E-state index in [9.17, 15) is 0 Å². The topological polar surface area (TPSA) is 25.4 Å². The van der Waals surface area contributed by atoms with Gasteiger partial charge in [0.1, 0.15) is 5.75 Å². The number of ether oxygens (including phenoxy) is 1. The Balaban J connectivity index is 1.86. The van der Waals surface area contributed by atoms with E-state index in [-0.39, 0.29) is 0 Å². The molecule has 0 fully saturated rings. The summed E-state index contributed by atoms with van der Waals surface area (Å²) in [5, 5.41) is 3.06. The van der Waals surface area contributed by atoms with Crippen LogP contribution in [0.15, 0.2) is 29.6 Å². The molecule has 1 heterocycles. The highest BCUT2D eigenvalue weighted by Crippen LogP contribution is 2.20. The first-order valence-electron chi connectivity index (χ1n) is 6.08. The summed E-state index contributed by atoms with van der Waals surface area (Å²) in [7, 11) is 4.03. The highest BCUT2D eigenvalue weighted by Gasteiger charge is 2.02. The second-order valence-corrected chi connectivity index (χ2v) is 5.57. The van der Waals surface area contributed by atoms with Crippen LogP contribution in [0.2, 0.25) is 0 Å². The Labute approximate surface area is 122 Å². The van der Waals surface area contributed by atoms with Crippen molar-refractivity contribution in [2.24, 2.45) is 0 Å². The van der Waals surface area contributed by atoms with Gasteiger partial charge in [0.05, 0.1) is 23.2 Å². The summed E-state index contributed by atoms with van der Waals surface area (Å²) in [5.74, 6) is 1.36. The van der Waals surface area contributed by atoms with Gasteiger partial charge in [0.2, 0.25) is 0 Å². The molecule has 2 aromatic rings. The Morgan fingerprint density at radius 1 is 1.37 bits per heavy atom. The molecule has 0 amide bonds. The fourth-order valence-corrected chi connectivity index (χ4v) is 2.64. The van der Waals surface area contributed by atoms with Crippen molar-refractivity contribution in [3.05, 3.63) is 40.3 Å². The molecule has 0 spiro atoms. The summed E-state index contributed by atoms with van der Waals surface area (Å²) in [6, 6.07) is 8.06. The predicted molar refractivity (Wildman–Crippen MR) is 81.6 cm³/mol. The SMILES string of the molecule is CN(C)c1cccc(OCCc2nc(CCl)cs2)c1. The zero-order valence-electron chi connectivity index (χ0n) is 11.1. The van der Waals surface area contributed by atoms with Crippen molar-refractivity contribution in [3.8, 4) is 5.75 Å². The number of rotatable bonds is 6. The molecule has 0 unspecified atom stereocenters. The highest BCUT2D eigenvalue weighted by atomic mass is 35.5. The molecule has 102 valence electrons. The quantitative estimate of drug-likeness (QED) is 0.762. The largest absolute Gasteiger partial charge is 0.493 e. The van der Waals surface area contributed by atoms with E-state index in [1.807, 2.05) is 37.7 Å². The third-order valence-electron chi connectivity index (χ3n) is 2.65. The van der Waals surface area contributed by atoms with E-state index in [0.717, 1.165) is 28.6 Å². The molecule has 0 saturated carbocycles. The van der Waals surface area contributed by atoms with Gasteiger partial charge >= 0.3 is 0 Å². The lowest BCUT2D eigenvalue weighted by Crippen LogP contribution is -2.09. The van der Waals surface area contributed by atoms with Crippen LogP contribution in [0.3, 0.4) is 0 Å². The molecule has 0 atom stereocenters. The third-order valence-corrected chi connectivity index (χ3v) is 3.89. The number of hydrogen-bond acceptors (Lipinski definition) is 4. The molecule has 0 bridgehead atoms. The first-order chi connectivity index (χ1) is 9.19. The Kier molecular flexibility index (Phi) is 5.05. The van der Waals surface area contributed by atoms with Crippen LogP contribution in [0.25, 0.3) is 0 Å². The molecule has 0 saturated heterocycles. The van der Waals surface area contributed by atoms with Crippen LogP contribution in [0.4, 0.5) is 5.69 Å². The predicted octanol–water partition coefficient (Wildman–Crippen LogP) is 3.57. The van der Waals surface area contributed by atoms with Crippen molar-refractivity contribution >= 4 is 28.6 Å². The van der Waals surface area contributed by atoms with Crippen molar-refractivity contribution < 1.29 is 4.74 Å².